The van der Waals surface area contributed by atoms with E-state index >= 15 is 0 Å². The molecule has 2 rings (SSSR count). The molecule has 0 radical (unpaired) electrons. The minimum absolute atomic E-state index is 0.0122. The zero-order valence-electron chi connectivity index (χ0n) is 12.9. The number of benzene rings is 1. The fourth-order valence-corrected chi connectivity index (χ4v) is 1.93. The molecule has 5 N–H and O–H groups in total. The number of carbonyl (C=O) groups is 2. The number of hydrogen-bond donors (Lipinski definition) is 4. The molecule has 0 aliphatic carbocycles. The third-order valence-electron chi connectivity index (χ3n) is 3.22. The van der Waals surface area contributed by atoms with Crippen LogP contribution in [-0.2, 0) is 4.79 Å². The van der Waals surface area contributed by atoms with Crippen molar-refractivity contribution in [2.75, 3.05) is 13.2 Å². The molecule has 1 heterocycles. The molecule has 1 aliphatic rings. The molecule has 7 nitrogen and oxygen atoms in total. The number of urea groups is 1. The van der Waals surface area contributed by atoms with Gasteiger partial charge in [0.1, 0.15) is 11.4 Å². The van der Waals surface area contributed by atoms with Crippen LogP contribution >= 0.6 is 0 Å². The molecule has 3 amide bonds. The molecule has 0 aromatic heterocycles. The third kappa shape index (κ3) is 4.50. The topological polar surface area (TPSA) is 105 Å². The van der Waals surface area contributed by atoms with Crippen molar-refractivity contribution in [1.29, 1.82) is 0 Å². The smallest absolute Gasteiger partial charge is 0.323 e. The Morgan fingerprint density at radius 3 is 2.70 bits per heavy atom. The van der Waals surface area contributed by atoms with E-state index in [1.165, 1.54) is 5.56 Å². The van der Waals surface area contributed by atoms with Gasteiger partial charge >= 0.3 is 6.03 Å². The molecule has 0 saturated carbocycles. The van der Waals surface area contributed by atoms with Crippen LogP contribution in [0.2, 0.25) is 0 Å². The molecule has 0 atom stereocenters. The van der Waals surface area contributed by atoms with Crippen molar-refractivity contribution >= 4 is 11.9 Å². The lowest BCUT2D eigenvalue weighted by Gasteiger charge is -2.20. The summed E-state index contributed by atoms with van der Waals surface area (Å²) in [5.74, 6) is 0.338. The molecule has 0 unspecified atom stereocenters. The zero-order chi connectivity index (χ0) is 16.8. The molecule has 0 saturated heterocycles. The lowest BCUT2D eigenvalue weighted by molar-refractivity contribution is -0.117. The minimum atomic E-state index is -0.531. The number of aryl methyl sites for hydroxylation is 1. The summed E-state index contributed by atoms with van der Waals surface area (Å²) < 4.78 is 5.56. The summed E-state index contributed by atoms with van der Waals surface area (Å²) in [5.41, 5.74) is 7.23. The Kier molecular flexibility index (Phi) is 5.24. The van der Waals surface area contributed by atoms with E-state index in [9.17, 15) is 9.59 Å². The maximum atomic E-state index is 12.0. The summed E-state index contributed by atoms with van der Waals surface area (Å²) in [6, 6.07) is 7.21. The predicted molar refractivity (Wildman–Crippen MR) is 86.3 cm³/mol. The van der Waals surface area contributed by atoms with Gasteiger partial charge in [-0.05, 0) is 25.5 Å². The van der Waals surface area contributed by atoms with Crippen molar-refractivity contribution in [3.8, 4) is 5.75 Å². The van der Waals surface area contributed by atoms with Crippen molar-refractivity contribution in [3.05, 3.63) is 53.5 Å². The summed E-state index contributed by atoms with van der Waals surface area (Å²) in [6.45, 7) is 6.45. The van der Waals surface area contributed by atoms with Crippen LogP contribution in [-0.4, -0.2) is 25.1 Å². The van der Waals surface area contributed by atoms with Gasteiger partial charge in [-0.2, -0.15) is 0 Å². The highest BCUT2D eigenvalue weighted by Crippen LogP contribution is 2.11. The predicted octanol–water partition coefficient (Wildman–Crippen LogP) is 0.877. The number of rotatable bonds is 6. The Balaban J connectivity index is 1.74. The molecule has 122 valence electrons. The van der Waals surface area contributed by atoms with Crippen LogP contribution in [0.15, 0.2) is 47.9 Å². The minimum Gasteiger partial charge on any atom is -0.494 e. The van der Waals surface area contributed by atoms with Crippen molar-refractivity contribution in [2.45, 2.75) is 13.3 Å². The summed E-state index contributed by atoms with van der Waals surface area (Å²) in [5, 5.41) is 7.43. The van der Waals surface area contributed by atoms with Crippen LogP contribution < -0.4 is 26.4 Å². The van der Waals surface area contributed by atoms with E-state index in [4.69, 9.17) is 10.5 Å². The first-order valence-electron chi connectivity index (χ1n) is 7.22. The summed E-state index contributed by atoms with van der Waals surface area (Å²) in [7, 11) is 0. The molecule has 1 aliphatic heterocycles. The molecule has 1 aromatic carbocycles. The number of amides is 3. The molecule has 7 heteroatoms. The van der Waals surface area contributed by atoms with E-state index in [0.29, 0.717) is 19.6 Å². The van der Waals surface area contributed by atoms with Crippen molar-refractivity contribution in [3.63, 3.8) is 0 Å². The summed E-state index contributed by atoms with van der Waals surface area (Å²) >= 11 is 0. The molecule has 23 heavy (non-hydrogen) atoms. The Hall–Kier alpha value is -2.96. The largest absolute Gasteiger partial charge is 0.494 e. The highest BCUT2D eigenvalue weighted by molar-refractivity contribution is 6.00. The van der Waals surface area contributed by atoms with Crippen molar-refractivity contribution in [1.82, 2.24) is 16.0 Å². The van der Waals surface area contributed by atoms with Gasteiger partial charge in [-0.1, -0.05) is 24.3 Å². The molecular formula is C16H20N4O3. The molecular weight excluding hydrogens is 296 g/mol. The lowest BCUT2D eigenvalue weighted by atomic mass is 10.2. The first kappa shape index (κ1) is 16.4. The van der Waals surface area contributed by atoms with Crippen LogP contribution in [0.25, 0.3) is 0 Å². The highest BCUT2D eigenvalue weighted by atomic mass is 16.5. The Bertz CT molecular complexity index is 650. The standard InChI is InChI=1S/C16H20N4O3/c1-10-4-6-12(7-5-10)23-9-3-8-18-15(21)14-13(17)11(2)19-16(22)20-14/h4-7H,2-3,8-9,17H2,1H3,(H,18,21)(H2,19,20,22). The van der Waals surface area contributed by atoms with Crippen LogP contribution in [0.5, 0.6) is 5.75 Å². The van der Waals surface area contributed by atoms with Gasteiger partial charge in [-0.25, -0.2) is 4.79 Å². The van der Waals surface area contributed by atoms with E-state index in [1.807, 2.05) is 31.2 Å². The molecule has 1 aromatic rings. The fourth-order valence-electron chi connectivity index (χ4n) is 1.93. The molecule has 0 fully saturated rings. The average molecular weight is 316 g/mol. The maximum Gasteiger partial charge on any atom is 0.323 e. The van der Waals surface area contributed by atoms with E-state index in [-0.39, 0.29) is 17.1 Å². The lowest BCUT2D eigenvalue weighted by Crippen LogP contribution is -2.47. The third-order valence-corrected chi connectivity index (χ3v) is 3.22. The molecule has 0 spiro atoms. The number of nitrogens with one attached hydrogen (secondary N) is 3. The molecule has 0 bridgehead atoms. The number of carbonyl (C=O) groups excluding carboxylic acids is 2. The van der Waals surface area contributed by atoms with E-state index in [2.05, 4.69) is 22.5 Å². The van der Waals surface area contributed by atoms with Gasteiger partial charge in [0.25, 0.3) is 5.91 Å². The fraction of sp³-hybridized carbons (Fsp3) is 0.250. The zero-order valence-corrected chi connectivity index (χ0v) is 12.9. The maximum absolute atomic E-state index is 12.0. The van der Waals surface area contributed by atoms with Gasteiger partial charge in [-0.15, -0.1) is 0 Å². The van der Waals surface area contributed by atoms with Gasteiger partial charge in [-0.3, -0.25) is 4.79 Å². The van der Waals surface area contributed by atoms with Crippen molar-refractivity contribution in [2.24, 2.45) is 5.73 Å². The van der Waals surface area contributed by atoms with Gasteiger partial charge < -0.3 is 26.4 Å². The SMILES string of the molecule is C=C1NC(=O)NC(C(=O)NCCCOc2ccc(C)cc2)=C1N. The van der Waals surface area contributed by atoms with Gasteiger partial charge in [0.15, 0.2) is 0 Å². The Morgan fingerprint density at radius 2 is 2.00 bits per heavy atom. The van der Waals surface area contributed by atoms with Gasteiger partial charge in [0.05, 0.1) is 18.0 Å². The van der Waals surface area contributed by atoms with Crippen LogP contribution in [0.4, 0.5) is 4.79 Å². The van der Waals surface area contributed by atoms with Crippen LogP contribution in [0.1, 0.15) is 12.0 Å². The van der Waals surface area contributed by atoms with E-state index in [0.717, 1.165) is 5.75 Å². The monoisotopic (exact) mass is 316 g/mol. The Labute approximate surface area is 134 Å². The average Bonchev–Trinajstić information content (AvgIpc) is 2.52. The van der Waals surface area contributed by atoms with Gasteiger partial charge in [0, 0.05) is 6.54 Å². The number of hydrogen-bond acceptors (Lipinski definition) is 4. The van der Waals surface area contributed by atoms with Crippen LogP contribution in [0.3, 0.4) is 0 Å². The van der Waals surface area contributed by atoms with Crippen molar-refractivity contribution < 1.29 is 14.3 Å². The number of nitrogens with two attached hydrogens (primary N) is 1. The Morgan fingerprint density at radius 1 is 1.30 bits per heavy atom. The highest BCUT2D eigenvalue weighted by Gasteiger charge is 2.23. The summed E-state index contributed by atoms with van der Waals surface area (Å²) in [6.07, 6.45) is 0.625. The van der Waals surface area contributed by atoms with E-state index < -0.39 is 11.9 Å². The summed E-state index contributed by atoms with van der Waals surface area (Å²) in [4.78, 5) is 23.3. The quantitative estimate of drug-likeness (QED) is 0.585. The van der Waals surface area contributed by atoms with Gasteiger partial charge in [0.2, 0.25) is 0 Å². The normalized spacial score (nSPS) is 14.1. The number of ether oxygens (including phenoxy) is 1. The first-order chi connectivity index (χ1) is 11.0. The second kappa shape index (κ2) is 7.35. The second-order valence-corrected chi connectivity index (χ2v) is 5.12. The van der Waals surface area contributed by atoms with Crippen LogP contribution in [0, 0.1) is 6.92 Å². The second-order valence-electron chi connectivity index (χ2n) is 5.12. The first-order valence-corrected chi connectivity index (χ1v) is 7.22. The van der Waals surface area contributed by atoms with E-state index in [1.54, 1.807) is 0 Å².